The summed E-state index contributed by atoms with van der Waals surface area (Å²) in [5, 5.41) is 0. The number of hydrogen-bond donors (Lipinski definition) is 1. The summed E-state index contributed by atoms with van der Waals surface area (Å²) in [4.78, 5) is 4.47. The van der Waals surface area contributed by atoms with Gasteiger partial charge < -0.3 is 10.3 Å². The molecular formula is C16H13F2N3. The van der Waals surface area contributed by atoms with Crippen LogP contribution in [0.15, 0.2) is 49.1 Å². The molecule has 0 aliphatic carbocycles. The summed E-state index contributed by atoms with van der Waals surface area (Å²) in [7, 11) is 0. The molecule has 3 aromatic rings. The maximum atomic E-state index is 13.5. The highest BCUT2D eigenvalue weighted by Gasteiger charge is 2.15. The number of fused-ring (bicyclic) bond motifs is 1. The van der Waals surface area contributed by atoms with Crippen molar-refractivity contribution in [1.82, 2.24) is 9.55 Å². The summed E-state index contributed by atoms with van der Waals surface area (Å²) in [6.45, 7) is 4.21. The van der Waals surface area contributed by atoms with E-state index >= 15 is 0 Å². The van der Waals surface area contributed by atoms with Gasteiger partial charge in [0, 0.05) is 12.1 Å². The summed E-state index contributed by atoms with van der Waals surface area (Å²) < 4.78 is 28.4. The van der Waals surface area contributed by atoms with Gasteiger partial charge in [0.2, 0.25) is 0 Å². The number of nitrogen functional groups attached to an aromatic ring is 1. The third-order valence-electron chi connectivity index (χ3n) is 3.30. The lowest BCUT2D eigenvalue weighted by atomic mass is 10.2. The van der Waals surface area contributed by atoms with E-state index in [9.17, 15) is 8.78 Å². The number of para-hydroxylation sites is 1. The van der Waals surface area contributed by atoms with Crippen molar-refractivity contribution in [3.8, 4) is 11.4 Å². The quantitative estimate of drug-likeness (QED) is 0.588. The number of nitrogens with zero attached hydrogens (tertiary/aromatic N) is 2. The molecule has 0 unspecified atom stereocenters. The third kappa shape index (κ3) is 2.16. The lowest BCUT2D eigenvalue weighted by Gasteiger charge is -2.07. The number of halogens is 2. The van der Waals surface area contributed by atoms with Gasteiger partial charge in [-0.3, -0.25) is 0 Å². The highest BCUT2D eigenvalue weighted by atomic mass is 19.2. The molecule has 5 heteroatoms. The molecule has 1 heterocycles. The van der Waals surface area contributed by atoms with Gasteiger partial charge in [-0.05, 0) is 30.3 Å². The fraction of sp³-hybridized carbons (Fsp3) is 0.0625. The SMILES string of the molecule is C=CCn1c(-c2ccc(F)c(F)c2)nc2c(N)cccc21. The van der Waals surface area contributed by atoms with Crippen molar-refractivity contribution < 1.29 is 8.78 Å². The standard InChI is InChI=1S/C16H13F2N3/c1-2-8-21-14-5-3-4-13(19)15(14)20-16(21)10-6-7-11(17)12(18)9-10/h2-7,9H,1,8,19H2. The predicted octanol–water partition coefficient (Wildman–Crippen LogP) is 3.75. The Morgan fingerprint density at radius 1 is 1.19 bits per heavy atom. The minimum Gasteiger partial charge on any atom is -0.397 e. The highest BCUT2D eigenvalue weighted by molar-refractivity contribution is 5.90. The molecule has 0 aliphatic heterocycles. The minimum atomic E-state index is -0.905. The van der Waals surface area contributed by atoms with Crippen molar-refractivity contribution in [2.45, 2.75) is 6.54 Å². The first-order valence-electron chi connectivity index (χ1n) is 6.43. The second kappa shape index (κ2) is 5.01. The molecule has 0 saturated carbocycles. The highest BCUT2D eigenvalue weighted by Crippen LogP contribution is 2.28. The fourth-order valence-corrected chi connectivity index (χ4v) is 2.34. The molecule has 0 atom stereocenters. The monoisotopic (exact) mass is 285 g/mol. The molecule has 3 nitrogen and oxygen atoms in total. The Morgan fingerprint density at radius 3 is 2.71 bits per heavy atom. The van der Waals surface area contributed by atoms with E-state index in [1.807, 2.05) is 16.7 Å². The molecule has 0 fully saturated rings. The maximum absolute atomic E-state index is 13.5. The smallest absolute Gasteiger partial charge is 0.159 e. The predicted molar refractivity (Wildman–Crippen MR) is 79.7 cm³/mol. The van der Waals surface area contributed by atoms with Gasteiger partial charge in [-0.2, -0.15) is 0 Å². The van der Waals surface area contributed by atoms with E-state index in [1.165, 1.54) is 6.07 Å². The van der Waals surface area contributed by atoms with Gasteiger partial charge >= 0.3 is 0 Å². The summed E-state index contributed by atoms with van der Waals surface area (Å²) in [5.74, 6) is -1.26. The van der Waals surface area contributed by atoms with Crippen molar-refractivity contribution in [3.05, 3.63) is 60.7 Å². The average Bonchev–Trinajstić information content (AvgIpc) is 2.83. The largest absolute Gasteiger partial charge is 0.397 e. The third-order valence-corrected chi connectivity index (χ3v) is 3.30. The maximum Gasteiger partial charge on any atom is 0.159 e. The Bertz CT molecular complexity index is 837. The van der Waals surface area contributed by atoms with Gasteiger partial charge in [-0.15, -0.1) is 6.58 Å². The van der Waals surface area contributed by atoms with Crippen molar-refractivity contribution in [2.24, 2.45) is 0 Å². The Kier molecular flexibility index (Phi) is 3.17. The number of rotatable bonds is 3. The zero-order chi connectivity index (χ0) is 15.0. The zero-order valence-electron chi connectivity index (χ0n) is 11.2. The molecule has 2 aromatic carbocycles. The molecule has 3 rings (SSSR count). The van der Waals surface area contributed by atoms with E-state index in [0.29, 0.717) is 29.1 Å². The molecule has 0 aliphatic rings. The Morgan fingerprint density at radius 2 is 2.00 bits per heavy atom. The van der Waals surface area contributed by atoms with Crippen LogP contribution in [0.5, 0.6) is 0 Å². The van der Waals surface area contributed by atoms with E-state index in [-0.39, 0.29) is 0 Å². The fourth-order valence-electron chi connectivity index (χ4n) is 2.34. The number of imidazole rings is 1. The number of anilines is 1. The second-order valence-corrected chi connectivity index (χ2v) is 4.68. The van der Waals surface area contributed by atoms with Crippen LogP contribution in [0.25, 0.3) is 22.4 Å². The normalized spacial score (nSPS) is 11.0. The average molecular weight is 285 g/mol. The Labute approximate surface area is 120 Å². The molecule has 0 spiro atoms. The van der Waals surface area contributed by atoms with Gasteiger partial charge in [-0.25, -0.2) is 13.8 Å². The van der Waals surface area contributed by atoms with Crippen molar-refractivity contribution in [1.29, 1.82) is 0 Å². The van der Waals surface area contributed by atoms with E-state index in [1.54, 1.807) is 12.1 Å². The van der Waals surface area contributed by atoms with Crippen LogP contribution >= 0.6 is 0 Å². The number of hydrogen-bond acceptors (Lipinski definition) is 2. The topological polar surface area (TPSA) is 43.8 Å². The van der Waals surface area contributed by atoms with Crippen molar-refractivity contribution >= 4 is 16.7 Å². The lowest BCUT2D eigenvalue weighted by Crippen LogP contribution is -1.99. The molecular weight excluding hydrogens is 272 g/mol. The van der Waals surface area contributed by atoms with Gasteiger partial charge in [-0.1, -0.05) is 12.1 Å². The summed E-state index contributed by atoms with van der Waals surface area (Å²) >= 11 is 0. The lowest BCUT2D eigenvalue weighted by molar-refractivity contribution is 0.509. The van der Waals surface area contributed by atoms with Crippen molar-refractivity contribution in [2.75, 3.05) is 5.73 Å². The van der Waals surface area contributed by atoms with Crippen LogP contribution in [-0.4, -0.2) is 9.55 Å². The van der Waals surface area contributed by atoms with Crippen LogP contribution in [0.4, 0.5) is 14.5 Å². The van der Waals surface area contributed by atoms with Crippen LogP contribution in [0.2, 0.25) is 0 Å². The van der Waals surface area contributed by atoms with Crippen LogP contribution in [0, 0.1) is 11.6 Å². The molecule has 0 radical (unpaired) electrons. The number of benzene rings is 2. The minimum absolute atomic E-state index is 0.492. The second-order valence-electron chi connectivity index (χ2n) is 4.68. The van der Waals surface area contributed by atoms with Gasteiger partial charge in [0.25, 0.3) is 0 Å². The summed E-state index contributed by atoms with van der Waals surface area (Å²) in [6.07, 6.45) is 1.72. The summed E-state index contributed by atoms with van der Waals surface area (Å²) in [6, 6.07) is 9.18. The first-order chi connectivity index (χ1) is 10.1. The number of nitrogens with two attached hydrogens (primary N) is 1. The molecule has 106 valence electrons. The number of allylic oxidation sites excluding steroid dienone is 1. The van der Waals surface area contributed by atoms with Gasteiger partial charge in [0.1, 0.15) is 11.3 Å². The molecule has 1 aromatic heterocycles. The van der Waals surface area contributed by atoms with E-state index < -0.39 is 11.6 Å². The summed E-state index contributed by atoms with van der Waals surface area (Å²) in [5.41, 5.74) is 8.43. The van der Waals surface area contributed by atoms with Crippen LogP contribution < -0.4 is 5.73 Å². The van der Waals surface area contributed by atoms with Gasteiger partial charge in [0.15, 0.2) is 11.6 Å². The zero-order valence-corrected chi connectivity index (χ0v) is 11.2. The number of aromatic nitrogens is 2. The van der Waals surface area contributed by atoms with Crippen molar-refractivity contribution in [3.63, 3.8) is 0 Å². The van der Waals surface area contributed by atoms with Gasteiger partial charge in [0.05, 0.1) is 11.2 Å². The molecule has 0 bridgehead atoms. The van der Waals surface area contributed by atoms with Crippen LogP contribution in [0.1, 0.15) is 0 Å². The first kappa shape index (κ1) is 13.3. The van der Waals surface area contributed by atoms with Crippen LogP contribution in [-0.2, 0) is 6.54 Å². The molecule has 21 heavy (non-hydrogen) atoms. The molecule has 0 saturated heterocycles. The molecule has 2 N–H and O–H groups in total. The van der Waals surface area contributed by atoms with Crippen LogP contribution in [0.3, 0.4) is 0 Å². The Balaban J connectivity index is 2.30. The molecule has 0 amide bonds. The van der Waals surface area contributed by atoms with E-state index in [2.05, 4.69) is 11.6 Å². The van der Waals surface area contributed by atoms with E-state index in [0.717, 1.165) is 17.6 Å². The van der Waals surface area contributed by atoms with E-state index in [4.69, 9.17) is 5.73 Å². The Hall–Kier alpha value is -2.69. The first-order valence-corrected chi connectivity index (χ1v) is 6.43.